The maximum atomic E-state index is 13.1. The maximum Gasteiger partial charge on any atom is 0.230 e. The van der Waals surface area contributed by atoms with Crippen molar-refractivity contribution in [1.82, 2.24) is 9.78 Å². The van der Waals surface area contributed by atoms with Crippen molar-refractivity contribution in [3.8, 4) is 0 Å². The molecule has 1 aromatic carbocycles. The van der Waals surface area contributed by atoms with Crippen molar-refractivity contribution in [2.24, 2.45) is 5.92 Å². The summed E-state index contributed by atoms with van der Waals surface area (Å²) >= 11 is 6.05. The third-order valence-electron chi connectivity index (χ3n) is 5.93. The number of hydrogen-bond donors (Lipinski definition) is 1. The number of amides is 2. The molecule has 2 aliphatic heterocycles. The minimum absolute atomic E-state index is 0.00555. The Morgan fingerprint density at radius 2 is 2.00 bits per heavy atom. The van der Waals surface area contributed by atoms with E-state index in [0.29, 0.717) is 22.9 Å². The van der Waals surface area contributed by atoms with Gasteiger partial charge in [-0.2, -0.15) is 5.10 Å². The van der Waals surface area contributed by atoms with E-state index in [9.17, 15) is 18.0 Å². The van der Waals surface area contributed by atoms with Crippen LogP contribution in [0.5, 0.6) is 0 Å². The molecule has 1 aromatic heterocycles. The monoisotopic (exact) mass is 478 g/mol. The van der Waals surface area contributed by atoms with Gasteiger partial charge in [0.2, 0.25) is 11.8 Å². The minimum Gasteiger partial charge on any atom is -0.312 e. The van der Waals surface area contributed by atoms with Crippen LogP contribution in [0.1, 0.15) is 45.3 Å². The normalized spacial score (nSPS) is 23.0. The number of halogens is 1. The molecule has 0 spiro atoms. The van der Waals surface area contributed by atoms with E-state index in [-0.39, 0.29) is 47.7 Å². The van der Waals surface area contributed by atoms with Crippen LogP contribution in [0.25, 0.3) is 0 Å². The summed E-state index contributed by atoms with van der Waals surface area (Å²) in [5, 5.41) is 8.08. The van der Waals surface area contributed by atoms with Crippen LogP contribution in [-0.2, 0) is 24.8 Å². The number of benzene rings is 1. The van der Waals surface area contributed by atoms with Gasteiger partial charge in [-0.3, -0.25) is 9.59 Å². The Hall–Kier alpha value is -2.39. The third kappa shape index (κ3) is 4.68. The predicted octanol–water partition coefficient (Wildman–Crippen LogP) is 3.19. The topological polar surface area (TPSA) is 101 Å². The number of rotatable bonds is 4. The zero-order valence-corrected chi connectivity index (χ0v) is 19.9. The Balaban J connectivity index is 1.55. The largest absolute Gasteiger partial charge is 0.312 e. The summed E-state index contributed by atoms with van der Waals surface area (Å²) in [5.41, 5.74) is 1.16. The summed E-state index contributed by atoms with van der Waals surface area (Å²) in [6.07, 6.45) is 0.553. The van der Waals surface area contributed by atoms with Gasteiger partial charge in [-0.1, -0.05) is 38.4 Å². The van der Waals surface area contributed by atoms with Gasteiger partial charge in [0.15, 0.2) is 9.84 Å². The van der Waals surface area contributed by atoms with Gasteiger partial charge >= 0.3 is 0 Å². The first-order valence-corrected chi connectivity index (χ1v) is 12.8. The lowest BCUT2D eigenvalue weighted by Gasteiger charge is -2.18. The Labute approximate surface area is 192 Å². The zero-order valence-electron chi connectivity index (χ0n) is 18.3. The average molecular weight is 479 g/mol. The third-order valence-corrected chi connectivity index (χ3v) is 7.91. The quantitative estimate of drug-likeness (QED) is 0.727. The number of sulfone groups is 1. The van der Waals surface area contributed by atoms with Crippen molar-refractivity contribution >= 4 is 44.8 Å². The van der Waals surface area contributed by atoms with Crippen LogP contribution in [0.15, 0.2) is 30.3 Å². The molecule has 0 radical (unpaired) electrons. The van der Waals surface area contributed by atoms with Crippen LogP contribution < -0.4 is 10.2 Å². The molecule has 8 nitrogen and oxygen atoms in total. The molecule has 10 heteroatoms. The van der Waals surface area contributed by atoms with E-state index in [2.05, 4.69) is 10.4 Å². The number of carbonyl (C=O) groups is 2. The van der Waals surface area contributed by atoms with Gasteiger partial charge < -0.3 is 10.2 Å². The number of aromatic nitrogens is 2. The van der Waals surface area contributed by atoms with Crippen molar-refractivity contribution in [1.29, 1.82) is 0 Å². The molecule has 2 atom stereocenters. The summed E-state index contributed by atoms with van der Waals surface area (Å²) in [6.45, 7) is 6.28. The van der Waals surface area contributed by atoms with Crippen LogP contribution in [0.2, 0.25) is 5.02 Å². The standard InChI is InChI=1S/C22H27ClN4O4S/c1-22(2,3)18-11-19(27(25-18)17-7-8-32(30,31)13-17)24-21(29)14-9-20(28)26(12-14)16-6-4-5-15(23)10-16/h4-6,10-11,14,17H,7-9,12-13H2,1-3H3,(H,24,29). The first-order valence-electron chi connectivity index (χ1n) is 10.6. The SMILES string of the molecule is CC(C)(C)c1cc(NC(=O)C2CC(=O)N(c3cccc(Cl)c3)C2)n(C2CCS(=O)(=O)C2)n1. The second-order valence-electron chi connectivity index (χ2n) is 9.54. The molecular formula is C22H27ClN4O4S. The first-order chi connectivity index (χ1) is 14.9. The highest BCUT2D eigenvalue weighted by Gasteiger charge is 2.37. The number of nitrogens with one attached hydrogen (secondary N) is 1. The molecule has 2 saturated heterocycles. The van der Waals surface area contributed by atoms with Gasteiger partial charge in [0.1, 0.15) is 5.82 Å². The average Bonchev–Trinajstić information content (AvgIpc) is 3.38. The van der Waals surface area contributed by atoms with Gasteiger partial charge in [0.05, 0.1) is 29.2 Å². The second-order valence-corrected chi connectivity index (χ2v) is 12.2. The van der Waals surface area contributed by atoms with Gasteiger partial charge in [-0.15, -0.1) is 0 Å². The molecule has 0 aliphatic carbocycles. The fourth-order valence-electron chi connectivity index (χ4n) is 4.11. The lowest BCUT2D eigenvalue weighted by Crippen LogP contribution is -2.29. The predicted molar refractivity (Wildman–Crippen MR) is 124 cm³/mol. The Kier molecular flexibility index (Phi) is 5.83. The molecule has 1 N–H and O–H groups in total. The van der Waals surface area contributed by atoms with E-state index in [0.717, 1.165) is 5.69 Å². The van der Waals surface area contributed by atoms with Crippen LogP contribution in [0.4, 0.5) is 11.5 Å². The Morgan fingerprint density at radius 3 is 2.62 bits per heavy atom. The highest BCUT2D eigenvalue weighted by molar-refractivity contribution is 7.91. The summed E-state index contributed by atoms with van der Waals surface area (Å²) in [5.74, 6) is -0.373. The van der Waals surface area contributed by atoms with Crippen LogP contribution in [0.3, 0.4) is 0 Å². The summed E-state index contributed by atoms with van der Waals surface area (Å²) < 4.78 is 25.7. The van der Waals surface area contributed by atoms with Crippen LogP contribution in [-0.4, -0.2) is 48.1 Å². The molecule has 4 rings (SSSR count). The van der Waals surface area contributed by atoms with E-state index >= 15 is 0 Å². The molecule has 2 unspecified atom stereocenters. The van der Waals surface area contributed by atoms with E-state index in [1.54, 1.807) is 39.9 Å². The second kappa shape index (κ2) is 8.19. The van der Waals surface area contributed by atoms with Crippen molar-refractivity contribution in [3.63, 3.8) is 0 Å². The fraction of sp³-hybridized carbons (Fsp3) is 0.500. The summed E-state index contributed by atoms with van der Waals surface area (Å²) in [7, 11) is -3.12. The molecule has 2 amide bonds. The molecule has 0 saturated carbocycles. The maximum absolute atomic E-state index is 13.1. The van der Waals surface area contributed by atoms with E-state index < -0.39 is 15.8 Å². The van der Waals surface area contributed by atoms with Crippen molar-refractivity contribution in [2.45, 2.75) is 45.1 Å². The van der Waals surface area contributed by atoms with Crippen molar-refractivity contribution in [2.75, 3.05) is 28.3 Å². The highest BCUT2D eigenvalue weighted by Crippen LogP contribution is 2.32. The number of nitrogens with zero attached hydrogens (tertiary/aromatic N) is 3. The summed E-state index contributed by atoms with van der Waals surface area (Å²) in [6, 6.07) is 8.46. The first kappa shape index (κ1) is 22.8. The minimum atomic E-state index is -3.12. The molecule has 3 heterocycles. The number of anilines is 2. The van der Waals surface area contributed by atoms with E-state index in [1.165, 1.54) is 0 Å². The number of hydrogen-bond acceptors (Lipinski definition) is 5. The van der Waals surface area contributed by atoms with Crippen molar-refractivity contribution < 1.29 is 18.0 Å². The molecular weight excluding hydrogens is 452 g/mol. The number of carbonyl (C=O) groups excluding carboxylic acids is 2. The van der Waals surface area contributed by atoms with Gasteiger partial charge in [-0.05, 0) is 24.6 Å². The smallest absolute Gasteiger partial charge is 0.230 e. The van der Waals surface area contributed by atoms with Crippen LogP contribution in [0, 0.1) is 5.92 Å². The Morgan fingerprint density at radius 1 is 1.25 bits per heavy atom. The molecule has 2 fully saturated rings. The fourth-order valence-corrected chi connectivity index (χ4v) is 5.98. The van der Waals surface area contributed by atoms with E-state index in [4.69, 9.17) is 11.6 Å². The van der Waals surface area contributed by atoms with Gasteiger partial charge in [-0.25, -0.2) is 13.1 Å². The summed E-state index contributed by atoms with van der Waals surface area (Å²) in [4.78, 5) is 27.2. The van der Waals surface area contributed by atoms with E-state index in [1.807, 2.05) is 20.8 Å². The molecule has 32 heavy (non-hydrogen) atoms. The van der Waals surface area contributed by atoms with Gasteiger partial charge in [0, 0.05) is 35.2 Å². The highest BCUT2D eigenvalue weighted by atomic mass is 35.5. The van der Waals surface area contributed by atoms with Crippen LogP contribution >= 0.6 is 11.6 Å². The molecule has 2 aliphatic rings. The molecule has 0 bridgehead atoms. The Bertz CT molecular complexity index is 1170. The molecule has 2 aromatic rings. The molecule has 172 valence electrons. The zero-order chi connectivity index (χ0) is 23.3. The van der Waals surface area contributed by atoms with Gasteiger partial charge in [0.25, 0.3) is 0 Å². The lowest BCUT2D eigenvalue weighted by molar-refractivity contribution is -0.122. The lowest BCUT2D eigenvalue weighted by atomic mass is 9.92. The van der Waals surface area contributed by atoms with Crippen molar-refractivity contribution in [3.05, 3.63) is 41.0 Å².